The highest BCUT2D eigenvalue weighted by Gasteiger charge is 2.54. The number of benzene rings is 1. The van der Waals surface area contributed by atoms with Crippen molar-refractivity contribution < 1.29 is 19.2 Å². The Kier molecular flexibility index (Phi) is 5.96. The molecule has 1 aromatic rings. The van der Waals surface area contributed by atoms with E-state index in [9.17, 15) is 19.2 Å². The van der Waals surface area contributed by atoms with Crippen LogP contribution < -0.4 is 16.0 Å². The molecule has 8 heteroatoms. The van der Waals surface area contributed by atoms with Crippen LogP contribution >= 0.6 is 0 Å². The van der Waals surface area contributed by atoms with Crippen LogP contribution in [0.1, 0.15) is 44.6 Å². The van der Waals surface area contributed by atoms with E-state index < -0.39 is 23.5 Å². The summed E-state index contributed by atoms with van der Waals surface area (Å²) in [5, 5.41) is 7.67. The monoisotopic (exact) mass is 386 g/mol. The quantitative estimate of drug-likeness (QED) is 0.672. The lowest BCUT2D eigenvalue weighted by Gasteiger charge is -2.36. The Bertz CT molecular complexity index is 767. The normalized spacial score (nSPS) is 24.2. The minimum atomic E-state index is -0.834. The average Bonchev–Trinajstić information content (AvgIpc) is 2.92. The molecule has 2 unspecified atom stereocenters. The molecule has 0 bridgehead atoms. The first-order chi connectivity index (χ1) is 13.4. The summed E-state index contributed by atoms with van der Waals surface area (Å²) in [7, 11) is 0. The third-order valence-electron chi connectivity index (χ3n) is 5.61. The molecular formula is C20H26N4O4. The smallest absolute Gasteiger partial charge is 0.325 e. The fourth-order valence-corrected chi connectivity index (χ4v) is 3.92. The molecular weight excluding hydrogens is 360 g/mol. The van der Waals surface area contributed by atoms with Gasteiger partial charge in [0.1, 0.15) is 5.54 Å². The van der Waals surface area contributed by atoms with Crippen LogP contribution in [-0.4, -0.2) is 40.9 Å². The summed E-state index contributed by atoms with van der Waals surface area (Å²) >= 11 is 0. The van der Waals surface area contributed by atoms with E-state index in [1.54, 1.807) is 0 Å². The van der Waals surface area contributed by atoms with Gasteiger partial charge < -0.3 is 10.6 Å². The van der Waals surface area contributed by atoms with Gasteiger partial charge in [-0.3, -0.25) is 19.8 Å². The number of imide groups is 2. The molecule has 1 aliphatic carbocycles. The molecule has 1 aromatic carbocycles. The van der Waals surface area contributed by atoms with Crippen molar-refractivity contribution in [1.29, 1.82) is 0 Å². The van der Waals surface area contributed by atoms with Crippen molar-refractivity contribution in [2.75, 3.05) is 6.54 Å². The minimum Gasteiger partial charge on any atom is -0.334 e. The van der Waals surface area contributed by atoms with Crippen LogP contribution in [0.15, 0.2) is 30.3 Å². The van der Waals surface area contributed by atoms with Crippen molar-refractivity contribution in [1.82, 2.24) is 20.9 Å². The standard InChI is InChI=1S/C20H26N4O4/c1-14-7-5-6-11-20(14)17(26)24(19(28)23-20)12-10-16(25)22-18(27)21-13-15-8-3-2-4-9-15/h2-4,8-9,14H,5-7,10-13H2,1H3,(H,23,28)(H2,21,22,25,27). The zero-order chi connectivity index (χ0) is 20.1. The Morgan fingerprint density at radius 2 is 1.96 bits per heavy atom. The first kappa shape index (κ1) is 19.9. The van der Waals surface area contributed by atoms with Gasteiger partial charge in [0.15, 0.2) is 0 Å². The second-order valence-electron chi connectivity index (χ2n) is 7.47. The summed E-state index contributed by atoms with van der Waals surface area (Å²) in [4.78, 5) is 50.1. The van der Waals surface area contributed by atoms with Gasteiger partial charge in [0.05, 0.1) is 0 Å². The van der Waals surface area contributed by atoms with Crippen molar-refractivity contribution in [2.24, 2.45) is 5.92 Å². The number of carbonyl (C=O) groups is 4. The lowest BCUT2D eigenvalue weighted by molar-refractivity contribution is -0.134. The zero-order valence-electron chi connectivity index (χ0n) is 16.0. The molecule has 1 saturated carbocycles. The fourth-order valence-electron chi connectivity index (χ4n) is 3.92. The van der Waals surface area contributed by atoms with Gasteiger partial charge >= 0.3 is 12.1 Å². The van der Waals surface area contributed by atoms with Gasteiger partial charge in [-0.2, -0.15) is 0 Å². The highest BCUT2D eigenvalue weighted by atomic mass is 16.2. The molecule has 1 spiro atoms. The van der Waals surface area contributed by atoms with E-state index in [1.807, 2.05) is 37.3 Å². The summed E-state index contributed by atoms with van der Waals surface area (Å²) in [5.74, 6) is -0.727. The third-order valence-corrected chi connectivity index (χ3v) is 5.61. The lowest BCUT2D eigenvalue weighted by Crippen LogP contribution is -2.54. The second-order valence-corrected chi connectivity index (χ2v) is 7.47. The van der Waals surface area contributed by atoms with Gasteiger partial charge in [0, 0.05) is 19.5 Å². The molecule has 1 heterocycles. The predicted molar refractivity (Wildman–Crippen MR) is 102 cm³/mol. The van der Waals surface area contributed by atoms with Crippen LogP contribution in [0.2, 0.25) is 0 Å². The van der Waals surface area contributed by atoms with E-state index in [0.717, 1.165) is 29.7 Å². The largest absolute Gasteiger partial charge is 0.334 e. The summed E-state index contributed by atoms with van der Waals surface area (Å²) in [6.07, 6.45) is 3.34. The molecule has 8 nitrogen and oxygen atoms in total. The number of carbonyl (C=O) groups excluding carboxylic acids is 4. The number of hydrogen-bond acceptors (Lipinski definition) is 4. The minimum absolute atomic E-state index is 0.0447. The van der Waals surface area contributed by atoms with Gasteiger partial charge in [-0.25, -0.2) is 9.59 Å². The number of nitrogens with one attached hydrogen (secondary N) is 3. The molecule has 28 heavy (non-hydrogen) atoms. The number of nitrogens with zero attached hydrogens (tertiary/aromatic N) is 1. The van der Waals surface area contributed by atoms with Gasteiger partial charge in [0.25, 0.3) is 5.91 Å². The van der Waals surface area contributed by atoms with E-state index in [2.05, 4.69) is 16.0 Å². The maximum absolute atomic E-state index is 12.8. The SMILES string of the molecule is CC1CCCCC12NC(=O)N(CCC(=O)NC(=O)NCc1ccccc1)C2=O. The molecule has 150 valence electrons. The van der Waals surface area contributed by atoms with Crippen molar-refractivity contribution in [3.63, 3.8) is 0 Å². The van der Waals surface area contributed by atoms with E-state index in [1.165, 1.54) is 0 Å². The topological polar surface area (TPSA) is 108 Å². The molecule has 6 amide bonds. The number of urea groups is 2. The maximum Gasteiger partial charge on any atom is 0.325 e. The van der Waals surface area contributed by atoms with Crippen molar-refractivity contribution in [3.05, 3.63) is 35.9 Å². The zero-order valence-corrected chi connectivity index (χ0v) is 16.0. The van der Waals surface area contributed by atoms with Crippen LogP contribution in [0.5, 0.6) is 0 Å². The molecule has 0 radical (unpaired) electrons. The molecule has 2 atom stereocenters. The number of rotatable bonds is 5. The highest BCUT2D eigenvalue weighted by Crippen LogP contribution is 2.38. The Morgan fingerprint density at radius 3 is 2.68 bits per heavy atom. The van der Waals surface area contributed by atoms with Crippen LogP contribution in [-0.2, 0) is 16.1 Å². The fraction of sp³-hybridized carbons (Fsp3) is 0.500. The summed E-state index contributed by atoms with van der Waals surface area (Å²) < 4.78 is 0. The van der Waals surface area contributed by atoms with Gasteiger partial charge in [-0.15, -0.1) is 0 Å². The molecule has 2 fully saturated rings. The first-order valence-electron chi connectivity index (χ1n) is 9.68. The molecule has 0 aromatic heterocycles. The molecule has 1 aliphatic heterocycles. The molecule has 1 saturated heterocycles. The second kappa shape index (κ2) is 8.41. The number of amides is 6. The maximum atomic E-state index is 12.8. The summed E-state index contributed by atoms with van der Waals surface area (Å²) in [6.45, 7) is 2.23. The van der Waals surface area contributed by atoms with E-state index >= 15 is 0 Å². The lowest BCUT2D eigenvalue weighted by atomic mass is 9.73. The Labute approximate surface area is 164 Å². The van der Waals surface area contributed by atoms with Crippen molar-refractivity contribution in [2.45, 2.75) is 51.1 Å². The van der Waals surface area contributed by atoms with Crippen LogP contribution in [0.4, 0.5) is 9.59 Å². The molecule has 2 aliphatic rings. The van der Waals surface area contributed by atoms with Gasteiger partial charge in [0.2, 0.25) is 5.91 Å². The first-order valence-corrected chi connectivity index (χ1v) is 9.68. The average molecular weight is 386 g/mol. The highest BCUT2D eigenvalue weighted by molar-refractivity contribution is 6.07. The summed E-state index contributed by atoms with van der Waals surface area (Å²) in [5.41, 5.74) is 0.0788. The van der Waals surface area contributed by atoms with Gasteiger partial charge in [-0.05, 0) is 24.3 Å². The van der Waals surface area contributed by atoms with Gasteiger partial charge in [-0.1, -0.05) is 50.1 Å². The predicted octanol–water partition coefficient (Wildman–Crippen LogP) is 1.90. The van der Waals surface area contributed by atoms with Crippen molar-refractivity contribution in [3.8, 4) is 0 Å². The number of hydrogen-bond donors (Lipinski definition) is 3. The van der Waals surface area contributed by atoms with E-state index in [4.69, 9.17) is 0 Å². The molecule has 3 N–H and O–H groups in total. The Hall–Kier alpha value is -2.90. The van der Waals surface area contributed by atoms with E-state index in [0.29, 0.717) is 13.0 Å². The third kappa shape index (κ3) is 4.16. The molecule has 3 rings (SSSR count). The van der Waals surface area contributed by atoms with Crippen LogP contribution in [0.25, 0.3) is 0 Å². The van der Waals surface area contributed by atoms with Crippen LogP contribution in [0, 0.1) is 5.92 Å². The van der Waals surface area contributed by atoms with Crippen LogP contribution in [0.3, 0.4) is 0 Å². The Balaban J connectivity index is 1.47. The van der Waals surface area contributed by atoms with E-state index in [-0.39, 0.29) is 24.8 Å². The van der Waals surface area contributed by atoms with Crippen molar-refractivity contribution >= 4 is 23.9 Å². The summed E-state index contributed by atoms with van der Waals surface area (Å²) in [6, 6.07) is 8.25. The Morgan fingerprint density at radius 1 is 1.21 bits per heavy atom.